The van der Waals surface area contributed by atoms with Gasteiger partial charge in [-0.15, -0.1) is 0 Å². The number of hydrogen-bond donors (Lipinski definition) is 3. The highest BCUT2D eigenvalue weighted by molar-refractivity contribution is 6.03. The molecule has 0 aliphatic carbocycles. The van der Waals surface area contributed by atoms with E-state index in [2.05, 4.69) is 25.7 Å². The topological polar surface area (TPSA) is 125 Å². The summed E-state index contributed by atoms with van der Waals surface area (Å²) in [5.74, 6) is -2.34. The average molecular weight is 469 g/mol. The number of fused-ring (bicyclic) bond motifs is 1. The van der Waals surface area contributed by atoms with Crippen LogP contribution in [-0.2, 0) is 17.9 Å². The summed E-state index contributed by atoms with van der Waals surface area (Å²) in [4.78, 5) is 35.0. The van der Waals surface area contributed by atoms with Gasteiger partial charge in [-0.1, -0.05) is 6.07 Å². The molecule has 3 N–H and O–H groups in total. The minimum Gasteiger partial charge on any atom is -0.394 e. The van der Waals surface area contributed by atoms with Crippen molar-refractivity contribution in [1.82, 2.24) is 30.0 Å². The van der Waals surface area contributed by atoms with E-state index in [4.69, 9.17) is 0 Å². The van der Waals surface area contributed by atoms with Crippen molar-refractivity contribution in [1.29, 1.82) is 0 Å². The van der Waals surface area contributed by atoms with Gasteiger partial charge in [0.15, 0.2) is 5.82 Å². The van der Waals surface area contributed by atoms with Crippen LogP contribution in [0.25, 0.3) is 11.4 Å². The number of aromatic nitrogens is 4. The van der Waals surface area contributed by atoms with Crippen LogP contribution in [-0.4, -0.2) is 60.8 Å². The van der Waals surface area contributed by atoms with Gasteiger partial charge in [-0.3, -0.25) is 14.3 Å². The third-order valence-electron chi connectivity index (χ3n) is 5.92. The number of anilines is 2. The van der Waals surface area contributed by atoms with E-state index in [0.29, 0.717) is 17.9 Å². The molecule has 0 bridgehead atoms. The van der Waals surface area contributed by atoms with E-state index in [1.165, 1.54) is 16.9 Å². The standard InChI is InChI=1S/C22H21F2N7O3/c23-14-4-1-5-15(24)18(14)20-28-16-8-25-22(34)19(16)21(29-20)27-12-7-26-30(9-12)10-17(33)31-6-2-3-13(31)11-32/h1,4-5,7,9,13,32H,2-3,6,8,10-11H2,(H,25,34)(H,27,28,29). The van der Waals surface area contributed by atoms with Crippen molar-refractivity contribution in [2.75, 3.05) is 18.5 Å². The molecule has 1 saturated heterocycles. The van der Waals surface area contributed by atoms with Gasteiger partial charge in [0.05, 0.1) is 42.3 Å². The molecule has 176 valence electrons. The Labute approximate surface area is 192 Å². The van der Waals surface area contributed by atoms with Crippen molar-refractivity contribution in [3.05, 3.63) is 53.5 Å². The Bertz CT molecular complexity index is 1260. The molecule has 0 saturated carbocycles. The molecule has 2 aliphatic heterocycles. The van der Waals surface area contributed by atoms with Gasteiger partial charge in [-0.05, 0) is 25.0 Å². The first-order valence-electron chi connectivity index (χ1n) is 10.8. The fourth-order valence-electron chi connectivity index (χ4n) is 4.27. The van der Waals surface area contributed by atoms with Gasteiger partial charge in [0, 0.05) is 12.7 Å². The second-order valence-electron chi connectivity index (χ2n) is 8.11. The Morgan fingerprint density at radius 1 is 1.24 bits per heavy atom. The van der Waals surface area contributed by atoms with Crippen LogP contribution in [0.2, 0.25) is 0 Å². The molecule has 1 aromatic carbocycles. The van der Waals surface area contributed by atoms with Gasteiger partial charge < -0.3 is 20.6 Å². The monoisotopic (exact) mass is 469 g/mol. The SMILES string of the molecule is O=C1NCc2nc(-c3c(F)cccc3F)nc(Nc3cnn(CC(=O)N4CCCC4CO)c3)c21. The molecule has 2 amide bonds. The third-order valence-corrected chi connectivity index (χ3v) is 5.92. The van der Waals surface area contributed by atoms with Crippen molar-refractivity contribution < 1.29 is 23.5 Å². The third kappa shape index (κ3) is 3.96. The fourth-order valence-corrected chi connectivity index (χ4v) is 4.27. The Morgan fingerprint density at radius 2 is 2.03 bits per heavy atom. The van der Waals surface area contributed by atoms with E-state index in [9.17, 15) is 23.5 Å². The molecular weight excluding hydrogens is 448 g/mol. The highest BCUT2D eigenvalue weighted by atomic mass is 19.1. The lowest BCUT2D eigenvalue weighted by molar-refractivity contribution is -0.133. The van der Waals surface area contributed by atoms with Crippen molar-refractivity contribution in [2.45, 2.75) is 32.0 Å². The van der Waals surface area contributed by atoms with Gasteiger partial charge >= 0.3 is 0 Å². The predicted octanol–water partition coefficient (Wildman–Crippen LogP) is 1.59. The van der Waals surface area contributed by atoms with E-state index in [0.717, 1.165) is 25.0 Å². The molecule has 34 heavy (non-hydrogen) atoms. The van der Waals surface area contributed by atoms with E-state index in [-0.39, 0.29) is 48.9 Å². The number of carbonyl (C=O) groups excluding carboxylic acids is 2. The molecule has 1 atom stereocenters. The van der Waals surface area contributed by atoms with Crippen molar-refractivity contribution >= 4 is 23.3 Å². The molecule has 5 rings (SSSR count). The maximum absolute atomic E-state index is 14.3. The number of nitrogens with zero attached hydrogens (tertiary/aromatic N) is 5. The number of halogens is 2. The van der Waals surface area contributed by atoms with E-state index in [1.54, 1.807) is 11.1 Å². The Balaban J connectivity index is 1.42. The Kier molecular flexibility index (Phi) is 5.65. The summed E-state index contributed by atoms with van der Waals surface area (Å²) in [6, 6.07) is 3.27. The van der Waals surface area contributed by atoms with E-state index >= 15 is 0 Å². The summed E-state index contributed by atoms with van der Waals surface area (Å²) >= 11 is 0. The normalized spacial score (nSPS) is 17.1. The average Bonchev–Trinajstić information content (AvgIpc) is 3.54. The summed E-state index contributed by atoms with van der Waals surface area (Å²) < 4.78 is 30.1. The molecule has 10 nitrogen and oxygen atoms in total. The zero-order valence-electron chi connectivity index (χ0n) is 18.0. The molecule has 0 spiro atoms. The van der Waals surface area contributed by atoms with Gasteiger partial charge in [0.25, 0.3) is 5.91 Å². The van der Waals surface area contributed by atoms with E-state index < -0.39 is 23.1 Å². The lowest BCUT2D eigenvalue weighted by Gasteiger charge is -2.22. The summed E-state index contributed by atoms with van der Waals surface area (Å²) in [6.07, 6.45) is 4.62. The lowest BCUT2D eigenvalue weighted by Crippen LogP contribution is -2.39. The minimum atomic E-state index is -0.822. The molecule has 2 aromatic heterocycles. The number of benzene rings is 1. The molecule has 12 heteroatoms. The first-order chi connectivity index (χ1) is 16.4. The summed E-state index contributed by atoms with van der Waals surface area (Å²) in [6.45, 7) is 0.591. The number of aliphatic hydroxyl groups excluding tert-OH is 1. The van der Waals surface area contributed by atoms with Gasteiger partial charge in [-0.2, -0.15) is 5.10 Å². The van der Waals surface area contributed by atoms with Crippen LogP contribution >= 0.6 is 0 Å². The zero-order chi connectivity index (χ0) is 23.8. The molecule has 1 unspecified atom stereocenters. The van der Waals surface area contributed by atoms with Crippen molar-refractivity contribution in [3.63, 3.8) is 0 Å². The van der Waals surface area contributed by atoms with Crippen LogP contribution in [0.3, 0.4) is 0 Å². The van der Waals surface area contributed by atoms with Crippen LogP contribution in [0.1, 0.15) is 28.9 Å². The van der Waals surface area contributed by atoms with Crippen molar-refractivity contribution in [2.24, 2.45) is 0 Å². The maximum Gasteiger partial charge on any atom is 0.257 e. The largest absolute Gasteiger partial charge is 0.394 e. The summed E-state index contributed by atoms with van der Waals surface area (Å²) in [5.41, 5.74) is 0.519. The Hall–Kier alpha value is -3.93. The van der Waals surface area contributed by atoms with E-state index in [1.807, 2.05) is 0 Å². The number of carbonyl (C=O) groups is 2. The van der Waals surface area contributed by atoms with Crippen molar-refractivity contribution in [3.8, 4) is 11.4 Å². The number of aliphatic hydroxyl groups is 1. The van der Waals surface area contributed by atoms with Gasteiger partial charge in [0.1, 0.15) is 29.6 Å². The number of nitrogens with one attached hydrogen (secondary N) is 2. The molecule has 1 fully saturated rings. The van der Waals surface area contributed by atoms with Crippen LogP contribution in [0, 0.1) is 11.6 Å². The molecular formula is C22H21F2N7O3. The minimum absolute atomic E-state index is 0.0216. The lowest BCUT2D eigenvalue weighted by atomic mass is 10.1. The smallest absolute Gasteiger partial charge is 0.257 e. The molecule has 3 aromatic rings. The number of rotatable bonds is 6. The van der Waals surface area contributed by atoms with Gasteiger partial charge in [-0.25, -0.2) is 18.7 Å². The molecule has 4 heterocycles. The molecule has 0 radical (unpaired) electrons. The zero-order valence-corrected chi connectivity index (χ0v) is 18.0. The highest BCUT2D eigenvalue weighted by Gasteiger charge is 2.30. The summed E-state index contributed by atoms with van der Waals surface area (Å²) in [7, 11) is 0. The maximum atomic E-state index is 14.3. The number of likely N-dealkylation sites (tertiary alicyclic amines) is 1. The van der Waals surface area contributed by atoms with Crippen LogP contribution in [0.15, 0.2) is 30.6 Å². The quantitative estimate of drug-likeness (QED) is 0.501. The fraction of sp³-hybridized carbons (Fsp3) is 0.318. The van der Waals surface area contributed by atoms with Crippen LogP contribution < -0.4 is 10.6 Å². The summed E-state index contributed by atoms with van der Waals surface area (Å²) in [5, 5.41) is 19.2. The number of amides is 2. The van der Waals surface area contributed by atoms with Gasteiger partial charge in [0.2, 0.25) is 5.91 Å². The first-order valence-corrected chi connectivity index (χ1v) is 10.8. The number of hydrogen-bond acceptors (Lipinski definition) is 7. The Morgan fingerprint density at radius 3 is 2.79 bits per heavy atom. The van der Waals surface area contributed by atoms with Crippen LogP contribution in [0.4, 0.5) is 20.3 Å². The first kappa shape index (κ1) is 21.9. The highest BCUT2D eigenvalue weighted by Crippen LogP contribution is 2.30. The second kappa shape index (κ2) is 8.78. The molecule has 2 aliphatic rings. The van der Waals surface area contributed by atoms with Crippen LogP contribution in [0.5, 0.6) is 0 Å². The predicted molar refractivity (Wildman–Crippen MR) is 116 cm³/mol. The second-order valence-corrected chi connectivity index (χ2v) is 8.11.